The number of benzene rings is 1. The van der Waals surface area contributed by atoms with Gasteiger partial charge in [-0.3, -0.25) is 0 Å². The number of nitrogens with one attached hydrogen (secondary N) is 2. The van der Waals surface area contributed by atoms with E-state index in [2.05, 4.69) is 21.9 Å². The lowest BCUT2D eigenvalue weighted by atomic mass is 10.1. The molecule has 2 atom stereocenters. The maximum Gasteiger partial charge on any atom is 0.240 e. The average Bonchev–Trinajstić information content (AvgIpc) is 3.16. The van der Waals surface area contributed by atoms with E-state index in [1.165, 1.54) is 0 Å². The number of rotatable bonds is 9. The van der Waals surface area contributed by atoms with Crippen molar-refractivity contribution in [1.29, 1.82) is 0 Å². The van der Waals surface area contributed by atoms with Crippen molar-refractivity contribution in [3.63, 3.8) is 0 Å². The second-order valence-electron chi connectivity index (χ2n) is 10.4. The van der Waals surface area contributed by atoms with Gasteiger partial charge in [0.1, 0.15) is 5.69 Å². The van der Waals surface area contributed by atoms with Gasteiger partial charge in [0.25, 0.3) is 0 Å². The van der Waals surface area contributed by atoms with Crippen molar-refractivity contribution in [3.05, 3.63) is 30.5 Å². The van der Waals surface area contributed by atoms with Gasteiger partial charge in [0.15, 0.2) is 5.65 Å². The molecule has 3 aromatic rings. The van der Waals surface area contributed by atoms with Crippen molar-refractivity contribution in [2.75, 3.05) is 25.1 Å². The molecule has 2 aromatic heterocycles. The minimum atomic E-state index is -3.63. The van der Waals surface area contributed by atoms with Gasteiger partial charge in [0.05, 0.1) is 22.4 Å². The maximum absolute atomic E-state index is 13.0. The van der Waals surface area contributed by atoms with Crippen LogP contribution in [0.2, 0.25) is 0 Å². The van der Waals surface area contributed by atoms with Crippen LogP contribution in [0.5, 0.6) is 0 Å². The number of aliphatic hydroxyl groups excluding tert-OH is 1. The van der Waals surface area contributed by atoms with Gasteiger partial charge in [0.2, 0.25) is 16.0 Å². The molecule has 1 saturated heterocycles. The third-order valence-electron chi connectivity index (χ3n) is 7.50. The van der Waals surface area contributed by atoms with Crippen molar-refractivity contribution in [3.8, 4) is 11.3 Å². The van der Waals surface area contributed by atoms with E-state index in [4.69, 9.17) is 14.8 Å². The Morgan fingerprint density at radius 1 is 1.08 bits per heavy atom. The molecule has 3 N–H and O–H groups in total. The summed E-state index contributed by atoms with van der Waals surface area (Å²) >= 11 is 0. The zero-order valence-corrected chi connectivity index (χ0v) is 22.8. The molecule has 3 heterocycles. The van der Waals surface area contributed by atoms with Gasteiger partial charge in [-0.1, -0.05) is 25.5 Å². The number of sulfonamides is 1. The largest absolute Gasteiger partial charge is 0.393 e. The normalized spacial score (nSPS) is 21.4. The molecule has 1 aliphatic carbocycles. The van der Waals surface area contributed by atoms with Crippen LogP contribution in [-0.2, 0) is 14.8 Å². The maximum atomic E-state index is 13.0. The molecule has 2 fully saturated rings. The molecule has 0 spiro atoms. The molecule has 0 amide bonds. The molecule has 2 aliphatic rings. The van der Waals surface area contributed by atoms with Gasteiger partial charge in [-0.25, -0.2) is 22.8 Å². The predicted octanol–water partition coefficient (Wildman–Crippen LogP) is 4.03. The lowest BCUT2D eigenvalue weighted by Gasteiger charge is -2.22. The van der Waals surface area contributed by atoms with Gasteiger partial charge in [-0.2, -0.15) is 10.1 Å². The zero-order chi connectivity index (χ0) is 26.5. The Balaban J connectivity index is 1.46. The van der Waals surface area contributed by atoms with Gasteiger partial charge in [-0.15, -0.1) is 0 Å². The first-order chi connectivity index (χ1) is 18.4. The number of ether oxygens (including phenoxy) is 1. The first-order valence-corrected chi connectivity index (χ1v) is 15.3. The van der Waals surface area contributed by atoms with Crippen LogP contribution in [0.1, 0.15) is 70.8 Å². The van der Waals surface area contributed by atoms with Crippen LogP contribution in [0.15, 0.2) is 35.4 Å². The quantitative estimate of drug-likeness (QED) is 0.273. The second-order valence-corrected chi connectivity index (χ2v) is 12.1. The van der Waals surface area contributed by atoms with Crippen LogP contribution >= 0.6 is 0 Å². The fourth-order valence-electron chi connectivity index (χ4n) is 5.26. The zero-order valence-electron chi connectivity index (χ0n) is 22.0. The molecule has 38 heavy (non-hydrogen) atoms. The van der Waals surface area contributed by atoms with E-state index in [9.17, 15) is 13.5 Å². The highest BCUT2D eigenvalue weighted by Crippen LogP contribution is 2.34. The van der Waals surface area contributed by atoms with E-state index in [1.54, 1.807) is 30.5 Å². The standard InChI is InChI=1S/C27H38N6O4S/c1-2-3-15-28-27-29-18-24-25(31-33(26(24)30-27)21-5-4-6-22(34)10-9-21)19-7-11-23(12-8-19)38(35,36)32-20-13-16-37-17-14-20/h7-8,11-12,18,20-22,32,34H,2-6,9-10,13-17H2,1H3,(H,28,29,30)/t21-,22-/m0/s1. The molecule has 10 nitrogen and oxygen atoms in total. The molecule has 1 aliphatic heterocycles. The Hall–Kier alpha value is -2.60. The Labute approximate surface area is 224 Å². The lowest BCUT2D eigenvalue weighted by molar-refractivity contribution is 0.0832. The molecule has 11 heteroatoms. The summed E-state index contributed by atoms with van der Waals surface area (Å²) in [6, 6.07) is 6.88. The van der Waals surface area contributed by atoms with Gasteiger partial charge < -0.3 is 15.2 Å². The second kappa shape index (κ2) is 12.1. The van der Waals surface area contributed by atoms with Crippen LogP contribution < -0.4 is 10.0 Å². The van der Waals surface area contributed by atoms with E-state index in [0.717, 1.165) is 73.8 Å². The van der Waals surface area contributed by atoms with Crippen LogP contribution in [0.25, 0.3) is 22.3 Å². The molecular formula is C27H38N6O4S. The third-order valence-corrected chi connectivity index (χ3v) is 9.03. The number of nitrogens with zero attached hydrogens (tertiary/aromatic N) is 4. The number of unbranched alkanes of at least 4 members (excludes halogenated alkanes) is 1. The summed E-state index contributed by atoms with van der Waals surface area (Å²) in [5.41, 5.74) is 2.29. The van der Waals surface area contributed by atoms with E-state index >= 15 is 0 Å². The minimum absolute atomic E-state index is 0.108. The molecule has 0 bridgehead atoms. The third kappa shape index (κ3) is 6.17. The Kier molecular flexibility index (Phi) is 8.57. The predicted molar refractivity (Wildman–Crippen MR) is 146 cm³/mol. The van der Waals surface area contributed by atoms with Crippen molar-refractivity contribution < 1.29 is 18.3 Å². The number of anilines is 1. The molecule has 0 unspecified atom stereocenters. The number of hydrogen-bond acceptors (Lipinski definition) is 8. The Morgan fingerprint density at radius 2 is 1.87 bits per heavy atom. The van der Waals surface area contributed by atoms with E-state index in [0.29, 0.717) is 32.0 Å². The molecule has 5 rings (SSSR count). The summed E-state index contributed by atoms with van der Waals surface area (Å²) in [5, 5.41) is 19.3. The topological polar surface area (TPSA) is 131 Å². The van der Waals surface area contributed by atoms with Gasteiger partial charge in [0, 0.05) is 37.6 Å². The minimum Gasteiger partial charge on any atom is -0.393 e. The highest BCUT2D eigenvalue weighted by atomic mass is 32.2. The fourth-order valence-corrected chi connectivity index (χ4v) is 6.56. The number of aliphatic hydroxyl groups is 1. The summed E-state index contributed by atoms with van der Waals surface area (Å²) < 4.78 is 36.1. The first kappa shape index (κ1) is 27.0. The molecule has 1 aromatic carbocycles. The highest BCUT2D eigenvalue weighted by Gasteiger charge is 2.25. The number of hydrogen-bond donors (Lipinski definition) is 3. The summed E-state index contributed by atoms with van der Waals surface area (Å²) in [4.78, 5) is 9.61. The monoisotopic (exact) mass is 542 g/mol. The van der Waals surface area contributed by atoms with Gasteiger partial charge >= 0.3 is 0 Å². The molecule has 0 radical (unpaired) electrons. The van der Waals surface area contributed by atoms with Crippen molar-refractivity contribution in [2.45, 2.75) is 87.8 Å². The van der Waals surface area contributed by atoms with Crippen LogP contribution in [0.3, 0.4) is 0 Å². The Bertz CT molecular complexity index is 1320. The fraction of sp³-hybridized carbons (Fsp3) is 0.593. The SMILES string of the molecule is CCCCNc1ncc2c(-c3ccc(S(=O)(=O)NC4CCOCC4)cc3)nn([C@H]3CCC[C@H](O)CC3)c2n1. The molecular weight excluding hydrogens is 504 g/mol. The van der Waals surface area contributed by atoms with E-state index in [1.807, 2.05) is 4.68 Å². The number of fused-ring (bicyclic) bond motifs is 1. The molecule has 206 valence electrons. The van der Waals surface area contributed by atoms with Gasteiger partial charge in [-0.05, 0) is 63.5 Å². The first-order valence-electron chi connectivity index (χ1n) is 13.8. The number of aromatic nitrogens is 4. The van der Waals surface area contributed by atoms with Crippen LogP contribution in [0.4, 0.5) is 5.95 Å². The smallest absolute Gasteiger partial charge is 0.240 e. The Morgan fingerprint density at radius 3 is 2.63 bits per heavy atom. The van der Waals surface area contributed by atoms with Crippen molar-refractivity contribution in [2.24, 2.45) is 0 Å². The van der Waals surface area contributed by atoms with Crippen LogP contribution in [0, 0.1) is 0 Å². The summed E-state index contributed by atoms with van der Waals surface area (Å²) in [6.45, 7) is 4.08. The van der Waals surface area contributed by atoms with Crippen LogP contribution in [-0.4, -0.2) is 65.2 Å². The van der Waals surface area contributed by atoms with E-state index < -0.39 is 10.0 Å². The van der Waals surface area contributed by atoms with E-state index in [-0.39, 0.29) is 23.1 Å². The lowest BCUT2D eigenvalue weighted by Crippen LogP contribution is -2.38. The highest BCUT2D eigenvalue weighted by molar-refractivity contribution is 7.89. The summed E-state index contributed by atoms with van der Waals surface area (Å²) in [5.74, 6) is 0.577. The van der Waals surface area contributed by atoms with Crippen molar-refractivity contribution in [1.82, 2.24) is 24.5 Å². The summed E-state index contributed by atoms with van der Waals surface area (Å²) in [6.07, 6.45) is 9.22. The van der Waals surface area contributed by atoms with Crippen molar-refractivity contribution >= 4 is 27.0 Å². The average molecular weight is 543 g/mol. The molecule has 1 saturated carbocycles. The summed E-state index contributed by atoms with van der Waals surface area (Å²) in [7, 11) is -3.63.